The van der Waals surface area contributed by atoms with E-state index in [4.69, 9.17) is 0 Å². The van der Waals surface area contributed by atoms with Crippen molar-refractivity contribution in [3.8, 4) is 0 Å². The molecule has 5 heteroatoms. The number of amides is 1. The summed E-state index contributed by atoms with van der Waals surface area (Å²) in [7, 11) is 2.08. The summed E-state index contributed by atoms with van der Waals surface area (Å²) in [6, 6.07) is 16.7. The number of rotatable bonds is 5. The maximum absolute atomic E-state index is 12.8. The third-order valence-corrected chi connectivity index (χ3v) is 5.35. The molecule has 1 fully saturated rings. The zero-order valence-electron chi connectivity index (χ0n) is 15.7. The summed E-state index contributed by atoms with van der Waals surface area (Å²) in [5, 5.41) is 8.53. The van der Waals surface area contributed by atoms with Gasteiger partial charge in [0, 0.05) is 43.0 Å². The van der Waals surface area contributed by atoms with E-state index in [-0.39, 0.29) is 5.91 Å². The molecule has 2 aromatic carbocycles. The Bertz CT molecular complexity index is 976. The molecule has 2 N–H and O–H groups in total. The molecule has 0 unspecified atom stereocenters. The van der Waals surface area contributed by atoms with E-state index in [1.807, 2.05) is 43.3 Å². The number of benzene rings is 2. The molecule has 1 aliphatic rings. The van der Waals surface area contributed by atoms with Gasteiger partial charge in [-0.05, 0) is 36.1 Å². The van der Waals surface area contributed by atoms with Crippen LogP contribution in [0.4, 0.5) is 5.69 Å². The Labute approximate surface area is 159 Å². The number of nitrogens with zero attached hydrogens (tertiary/aromatic N) is 2. The van der Waals surface area contributed by atoms with E-state index in [0.29, 0.717) is 18.2 Å². The minimum Gasteiger partial charge on any atom is -0.369 e. The summed E-state index contributed by atoms with van der Waals surface area (Å²) in [6.45, 7) is 4.35. The van der Waals surface area contributed by atoms with Crippen LogP contribution in [-0.4, -0.2) is 37.1 Å². The van der Waals surface area contributed by atoms with Crippen molar-refractivity contribution in [2.45, 2.75) is 19.5 Å². The highest BCUT2D eigenvalue weighted by atomic mass is 16.1. The lowest BCUT2D eigenvalue weighted by Gasteiger charge is -2.37. The Hall–Kier alpha value is -2.92. The Morgan fingerprint density at radius 1 is 1.22 bits per heavy atom. The number of fused-ring (bicyclic) bond motifs is 1. The van der Waals surface area contributed by atoms with Gasteiger partial charge in [0.2, 0.25) is 0 Å². The summed E-state index contributed by atoms with van der Waals surface area (Å²) < 4.78 is 0. The average molecular weight is 360 g/mol. The van der Waals surface area contributed by atoms with Crippen molar-refractivity contribution in [3.05, 3.63) is 71.5 Å². The molecule has 1 aliphatic heterocycles. The van der Waals surface area contributed by atoms with Gasteiger partial charge in [-0.15, -0.1) is 0 Å². The van der Waals surface area contributed by atoms with Crippen LogP contribution >= 0.6 is 0 Å². The number of carbonyl (C=O) groups excluding carboxylic acids is 1. The highest BCUT2D eigenvalue weighted by molar-refractivity contribution is 5.97. The van der Waals surface area contributed by atoms with Crippen LogP contribution in [0.25, 0.3) is 10.8 Å². The van der Waals surface area contributed by atoms with Crippen LogP contribution in [0.3, 0.4) is 0 Å². The highest BCUT2D eigenvalue weighted by Gasteiger charge is 2.22. The molecule has 0 atom stereocenters. The molecule has 0 aliphatic carbocycles. The summed E-state index contributed by atoms with van der Waals surface area (Å²) in [5.41, 5.74) is 3.64. The first-order chi connectivity index (χ1) is 13.1. The van der Waals surface area contributed by atoms with Gasteiger partial charge in [-0.25, -0.2) is 0 Å². The van der Waals surface area contributed by atoms with Gasteiger partial charge in [0.1, 0.15) is 0 Å². The number of aryl methyl sites for hydroxylation is 1. The summed E-state index contributed by atoms with van der Waals surface area (Å²) in [4.78, 5) is 19.5. The Morgan fingerprint density at radius 3 is 2.81 bits per heavy atom. The van der Waals surface area contributed by atoms with Gasteiger partial charge in [-0.3, -0.25) is 9.78 Å². The van der Waals surface area contributed by atoms with E-state index >= 15 is 0 Å². The third-order valence-electron chi connectivity index (χ3n) is 5.35. The Kier molecular flexibility index (Phi) is 4.77. The van der Waals surface area contributed by atoms with Gasteiger partial charge in [-0.1, -0.05) is 30.3 Å². The fourth-order valence-corrected chi connectivity index (χ4v) is 3.41. The van der Waals surface area contributed by atoms with Gasteiger partial charge in [0.15, 0.2) is 0 Å². The van der Waals surface area contributed by atoms with Gasteiger partial charge in [-0.2, -0.15) is 0 Å². The monoisotopic (exact) mass is 360 g/mol. The molecular weight excluding hydrogens is 336 g/mol. The van der Waals surface area contributed by atoms with Crippen molar-refractivity contribution in [2.24, 2.45) is 0 Å². The zero-order valence-corrected chi connectivity index (χ0v) is 15.7. The van der Waals surface area contributed by atoms with Crippen LogP contribution in [0.1, 0.15) is 21.6 Å². The molecule has 27 heavy (non-hydrogen) atoms. The number of hydrogen-bond acceptors (Lipinski definition) is 4. The zero-order chi connectivity index (χ0) is 18.8. The smallest absolute Gasteiger partial charge is 0.251 e. The molecule has 1 amide bonds. The minimum atomic E-state index is -0.0655. The van der Waals surface area contributed by atoms with E-state index < -0.39 is 0 Å². The molecule has 1 aromatic heterocycles. The van der Waals surface area contributed by atoms with E-state index in [1.165, 1.54) is 0 Å². The third kappa shape index (κ3) is 3.51. The van der Waals surface area contributed by atoms with Crippen molar-refractivity contribution in [1.82, 2.24) is 15.6 Å². The lowest BCUT2D eigenvalue weighted by atomic mass is 10.0. The molecule has 5 nitrogen and oxygen atoms in total. The Morgan fingerprint density at radius 2 is 2.04 bits per heavy atom. The largest absolute Gasteiger partial charge is 0.369 e. The van der Waals surface area contributed by atoms with Crippen molar-refractivity contribution < 1.29 is 4.79 Å². The van der Waals surface area contributed by atoms with Crippen LogP contribution in [-0.2, 0) is 6.54 Å². The molecule has 0 saturated carbocycles. The van der Waals surface area contributed by atoms with Crippen LogP contribution < -0.4 is 15.5 Å². The lowest BCUT2D eigenvalue weighted by molar-refractivity contribution is 0.0950. The fraction of sp³-hybridized carbons (Fsp3) is 0.273. The molecule has 1 saturated heterocycles. The van der Waals surface area contributed by atoms with E-state index in [0.717, 1.165) is 40.8 Å². The second-order valence-electron chi connectivity index (χ2n) is 7.08. The number of carbonyl (C=O) groups is 1. The fourth-order valence-electron chi connectivity index (χ4n) is 3.41. The molecule has 138 valence electrons. The number of hydrogen-bond donors (Lipinski definition) is 2. The lowest BCUT2D eigenvalue weighted by Crippen LogP contribution is -2.56. The highest BCUT2D eigenvalue weighted by Crippen LogP contribution is 2.22. The molecule has 3 aromatic rings. The molecule has 2 heterocycles. The average Bonchev–Trinajstić information content (AvgIpc) is 2.65. The van der Waals surface area contributed by atoms with Gasteiger partial charge in [0.25, 0.3) is 5.91 Å². The summed E-state index contributed by atoms with van der Waals surface area (Å²) in [5.74, 6) is -0.0655. The standard InChI is InChI=1S/C22H24N4O/c1-15-7-8-17(26(2)18-12-23-13-18)11-20(15)22(27)25-14-21-19-6-4-3-5-16(19)9-10-24-21/h3-11,18,23H,12-14H2,1-2H3,(H,25,27). The predicted molar refractivity (Wildman–Crippen MR) is 109 cm³/mol. The van der Waals surface area contributed by atoms with Crippen molar-refractivity contribution in [2.75, 3.05) is 25.0 Å². The number of anilines is 1. The first kappa shape index (κ1) is 17.5. The van der Waals surface area contributed by atoms with Crippen molar-refractivity contribution in [1.29, 1.82) is 0 Å². The maximum Gasteiger partial charge on any atom is 0.251 e. The SMILES string of the molecule is Cc1ccc(N(C)C2CNC2)cc1C(=O)NCc1nccc2ccccc12. The second-order valence-corrected chi connectivity index (χ2v) is 7.08. The van der Waals surface area contributed by atoms with Crippen LogP contribution in [0, 0.1) is 6.92 Å². The van der Waals surface area contributed by atoms with Gasteiger partial charge in [0.05, 0.1) is 18.3 Å². The maximum atomic E-state index is 12.8. The number of aromatic nitrogens is 1. The number of nitrogens with one attached hydrogen (secondary N) is 2. The molecular formula is C22H24N4O. The van der Waals surface area contributed by atoms with Crippen LogP contribution in [0.2, 0.25) is 0 Å². The van der Waals surface area contributed by atoms with E-state index in [9.17, 15) is 4.79 Å². The summed E-state index contributed by atoms with van der Waals surface area (Å²) >= 11 is 0. The molecule has 0 radical (unpaired) electrons. The van der Waals surface area contributed by atoms with Crippen LogP contribution in [0.5, 0.6) is 0 Å². The predicted octanol–water partition coefficient (Wildman–Crippen LogP) is 2.88. The van der Waals surface area contributed by atoms with Crippen molar-refractivity contribution in [3.63, 3.8) is 0 Å². The first-order valence-electron chi connectivity index (χ1n) is 9.28. The number of pyridine rings is 1. The topological polar surface area (TPSA) is 57.3 Å². The van der Waals surface area contributed by atoms with E-state index in [2.05, 4.69) is 39.7 Å². The first-order valence-corrected chi connectivity index (χ1v) is 9.28. The Balaban J connectivity index is 1.52. The van der Waals surface area contributed by atoms with Gasteiger partial charge >= 0.3 is 0 Å². The quantitative estimate of drug-likeness (QED) is 0.735. The molecule has 0 bridgehead atoms. The molecule has 4 rings (SSSR count). The minimum absolute atomic E-state index is 0.0655. The normalized spacial score (nSPS) is 14.0. The molecule has 0 spiro atoms. The number of likely N-dealkylation sites (N-methyl/N-ethyl adjacent to an activating group) is 1. The summed E-state index contributed by atoms with van der Waals surface area (Å²) in [6.07, 6.45) is 1.79. The van der Waals surface area contributed by atoms with Crippen molar-refractivity contribution >= 4 is 22.4 Å². The van der Waals surface area contributed by atoms with E-state index in [1.54, 1.807) is 6.20 Å². The second kappa shape index (κ2) is 7.37. The van der Waals surface area contributed by atoms with Gasteiger partial charge < -0.3 is 15.5 Å². The van der Waals surface area contributed by atoms with Crippen LogP contribution in [0.15, 0.2) is 54.7 Å².